The second-order valence-electron chi connectivity index (χ2n) is 5.38. The lowest BCUT2D eigenvalue weighted by molar-refractivity contribution is 0.0951. The van der Waals surface area contributed by atoms with Crippen LogP contribution in [-0.4, -0.2) is 5.91 Å². The largest absolute Gasteiger partial charge is 0.423 e. The van der Waals surface area contributed by atoms with Gasteiger partial charge in [0.1, 0.15) is 11.4 Å². The Morgan fingerprint density at radius 1 is 1.21 bits per heavy atom. The quantitative estimate of drug-likeness (QED) is 0.734. The summed E-state index contributed by atoms with van der Waals surface area (Å²) in [4.78, 5) is 23.8. The van der Waals surface area contributed by atoms with Gasteiger partial charge in [0.25, 0.3) is 5.91 Å². The number of aryl methyl sites for hydroxylation is 1. The first kappa shape index (κ1) is 16.2. The molecule has 0 bridgehead atoms. The van der Waals surface area contributed by atoms with Gasteiger partial charge in [-0.05, 0) is 54.4 Å². The van der Waals surface area contributed by atoms with Crippen LogP contribution < -0.4 is 10.9 Å². The highest BCUT2D eigenvalue weighted by atomic mass is 35.5. The summed E-state index contributed by atoms with van der Waals surface area (Å²) in [7, 11) is 0. The van der Waals surface area contributed by atoms with Crippen LogP contribution in [0.2, 0.25) is 5.02 Å². The molecule has 1 heterocycles. The minimum atomic E-state index is -0.504. The van der Waals surface area contributed by atoms with Crippen LogP contribution in [0.4, 0.5) is 4.39 Å². The van der Waals surface area contributed by atoms with Gasteiger partial charge < -0.3 is 9.73 Å². The molecule has 0 aliphatic carbocycles. The molecule has 0 spiro atoms. The summed E-state index contributed by atoms with van der Waals surface area (Å²) in [6.45, 7) is 1.93. The maximum Gasteiger partial charge on any atom is 0.336 e. The highest BCUT2D eigenvalue weighted by Gasteiger charge is 2.11. The van der Waals surface area contributed by atoms with E-state index in [1.54, 1.807) is 12.1 Å². The van der Waals surface area contributed by atoms with Crippen molar-refractivity contribution in [2.45, 2.75) is 13.5 Å². The molecule has 0 aliphatic heterocycles. The molecule has 1 amide bonds. The highest BCUT2D eigenvalue weighted by molar-refractivity contribution is 6.32. The molecule has 6 heteroatoms. The Labute approximate surface area is 141 Å². The molecule has 0 unspecified atom stereocenters. The minimum Gasteiger partial charge on any atom is -0.423 e. The SMILES string of the molecule is Cc1cc2oc(=O)cc(CNC(=O)c3ccc(F)cc3)c2cc1Cl. The molecule has 0 saturated heterocycles. The van der Waals surface area contributed by atoms with Crippen LogP contribution in [0.3, 0.4) is 0 Å². The highest BCUT2D eigenvalue weighted by Crippen LogP contribution is 2.25. The van der Waals surface area contributed by atoms with Crippen LogP contribution in [0.15, 0.2) is 51.7 Å². The number of benzene rings is 2. The average Bonchev–Trinajstić information content (AvgIpc) is 2.54. The fourth-order valence-electron chi connectivity index (χ4n) is 2.37. The summed E-state index contributed by atoms with van der Waals surface area (Å²) in [5.74, 6) is -0.780. The molecular weight excluding hydrogens is 333 g/mol. The van der Waals surface area contributed by atoms with Gasteiger partial charge >= 0.3 is 5.63 Å². The maximum atomic E-state index is 12.9. The predicted octanol–water partition coefficient (Wildman–Crippen LogP) is 3.82. The van der Waals surface area contributed by atoms with Crippen LogP contribution in [0.5, 0.6) is 0 Å². The molecule has 24 heavy (non-hydrogen) atoms. The van der Waals surface area contributed by atoms with E-state index in [-0.39, 0.29) is 12.5 Å². The van der Waals surface area contributed by atoms with Crippen LogP contribution >= 0.6 is 11.6 Å². The summed E-state index contributed by atoms with van der Waals surface area (Å²) in [6.07, 6.45) is 0. The number of rotatable bonds is 3. The van der Waals surface area contributed by atoms with Gasteiger partial charge in [0, 0.05) is 28.6 Å². The van der Waals surface area contributed by atoms with E-state index in [9.17, 15) is 14.0 Å². The van der Waals surface area contributed by atoms with Crippen molar-refractivity contribution in [2.75, 3.05) is 0 Å². The number of amides is 1. The van der Waals surface area contributed by atoms with E-state index in [2.05, 4.69) is 5.32 Å². The van der Waals surface area contributed by atoms with E-state index in [0.717, 1.165) is 5.56 Å². The molecule has 122 valence electrons. The zero-order chi connectivity index (χ0) is 17.3. The zero-order valence-electron chi connectivity index (χ0n) is 12.7. The van der Waals surface area contributed by atoms with Gasteiger partial charge in [-0.2, -0.15) is 0 Å². The van der Waals surface area contributed by atoms with Gasteiger partial charge in [0.05, 0.1) is 0 Å². The van der Waals surface area contributed by atoms with Gasteiger partial charge in [-0.25, -0.2) is 9.18 Å². The first-order chi connectivity index (χ1) is 11.4. The Kier molecular flexibility index (Phi) is 4.36. The molecule has 0 atom stereocenters. The Hall–Kier alpha value is -2.66. The second kappa shape index (κ2) is 6.45. The number of carbonyl (C=O) groups is 1. The monoisotopic (exact) mass is 345 g/mol. The number of nitrogens with one attached hydrogen (secondary N) is 1. The Morgan fingerprint density at radius 2 is 1.92 bits per heavy atom. The van der Waals surface area contributed by atoms with Crippen molar-refractivity contribution >= 4 is 28.5 Å². The van der Waals surface area contributed by atoms with Crippen molar-refractivity contribution in [1.82, 2.24) is 5.32 Å². The van der Waals surface area contributed by atoms with E-state index in [0.29, 0.717) is 27.1 Å². The third-order valence-electron chi connectivity index (χ3n) is 3.66. The standard InChI is InChI=1S/C18H13ClFNO3/c1-10-6-16-14(8-15(10)19)12(7-17(22)24-16)9-21-18(23)11-2-4-13(20)5-3-11/h2-8H,9H2,1H3,(H,21,23). The predicted molar refractivity (Wildman–Crippen MR) is 89.8 cm³/mol. The normalized spacial score (nSPS) is 10.8. The van der Waals surface area contributed by atoms with Crippen molar-refractivity contribution < 1.29 is 13.6 Å². The van der Waals surface area contributed by atoms with Crippen LogP contribution in [0.25, 0.3) is 11.0 Å². The third-order valence-corrected chi connectivity index (χ3v) is 4.06. The van der Waals surface area contributed by atoms with Gasteiger partial charge in [0.15, 0.2) is 0 Å². The number of carbonyl (C=O) groups excluding carboxylic acids is 1. The zero-order valence-corrected chi connectivity index (χ0v) is 13.5. The van der Waals surface area contributed by atoms with E-state index >= 15 is 0 Å². The molecular formula is C18H13ClFNO3. The van der Waals surface area contributed by atoms with E-state index in [1.165, 1.54) is 30.3 Å². The smallest absolute Gasteiger partial charge is 0.336 e. The van der Waals surface area contributed by atoms with Crippen LogP contribution in [0.1, 0.15) is 21.5 Å². The molecule has 2 aromatic carbocycles. The second-order valence-corrected chi connectivity index (χ2v) is 5.78. The van der Waals surface area contributed by atoms with E-state index < -0.39 is 11.4 Å². The third kappa shape index (κ3) is 3.31. The first-order valence-corrected chi connectivity index (χ1v) is 7.58. The Balaban J connectivity index is 1.89. The Bertz CT molecular complexity index is 980. The summed E-state index contributed by atoms with van der Waals surface area (Å²) >= 11 is 6.13. The average molecular weight is 346 g/mol. The molecule has 0 fully saturated rings. The summed E-state index contributed by atoms with van der Waals surface area (Å²) < 4.78 is 18.1. The van der Waals surface area contributed by atoms with Crippen LogP contribution in [-0.2, 0) is 6.54 Å². The molecule has 0 saturated carbocycles. The van der Waals surface area contributed by atoms with Gasteiger partial charge in [-0.1, -0.05) is 11.6 Å². The van der Waals surface area contributed by atoms with Crippen molar-refractivity contribution in [3.05, 3.63) is 80.4 Å². The fraction of sp³-hybridized carbons (Fsp3) is 0.111. The topological polar surface area (TPSA) is 59.3 Å². The van der Waals surface area contributed by atoms with Crippen LogP contribution in [0, 0.1) is 12.7 Å². The van der Waals surface area contributed by atoms with Crippen molar-refractivity contribution in [3.8, 4) is 0 Å². The summed E-state index contributed by atoms with van der Waals surface area (Å²) in [5, 5.41) is 3.90. The molecule has 1 N–H and O–H groups in total. The molecule has 0 aliphatic rings. The number of hydrogen-bond donors (Lipinski definition) is 1. The fourth-order valence-corrected chi connectivity index (χ4v) is 2.54. The lowest BCUT2D eigenvalue weighted by Crippen LogP contribution is -2.23. The molecule has 4 nitrogen and oxygen atoms in total. The van der Waals surface area contributed by atoms with Gasteiger partial charge in [-0.3, -0.25) is 4.79 Å². The maximum absolute atomic E-state index is 12.9. The minimum absolute atomic E-state index is 0.123. The number of hydrogen-bond acceptors (Lipinski definition) is 3. The van der Waals surface area contributed by atoms with E-state index in [4.69, 9.17) is 16.0 Å². The van der Waals surface area contributed by atoms with Crippen molar-refractivity contribution in [1.29, 1.82) is 0 Å². The van der Waals surface area contributed by atoms with Crippen molar-refractivity contribution in [2.24, 2.45) is 0 Å². The molecule has 3 rings (SSSR count). The first-order valence-electron chi connectivity index (χ1n) is 7.20. The lowest BCUT2D eigenvalue weighted by Gasteiger charge is -2.09. The molecule has 1 aromatic heterocycles. The number of fused-ring (bicyclic) bond motifs is 1. The van der Waals surface area contributed by atoms with E-state index in [1.807, 2.05) is 6.92 Å². The lowest BCUT2D eigenvalue weighted by atomic mass is 10.1. The summed E-state index contributed by atoms with van der Waals surface area (Å²) in [6, 6.07) is 9.91. The van der Waals surface area contributed by atoms with Gasteiger partial charge in [0.2, 0.25) is 0 Å². The number of halogens is 2. The molecule has 0 radical (unpaired) electrons. The molecule has 3 aromatic rings. The summed E-state index contributed by atoms with van der Waals surface area (Å²) in [5.41, 5.74) is 1.63. The van der Waals surface area contributed by atoms with Crippen molar-refractivity contribution in [3.63, 3.8) is 0 Å². The van der Waals surface area contributed by atoms with Gasteiger partial charge in [-0.15, -0.1) is 0 Å². The Morgan fingerprint density at radius 3 is 2.62 bits per heavy atom.